The van der Waals surface area contributed by atoms with Gasteiger partial charge >= 0.3 is 18.1 Å². The van der Waals surface area contributed by atoms with Crippen LogP contribution in [0.5, 0.6) is 0 Å². The summed E-state index contributed by atoms with van der Waals surface area (Å²) in [5, 5.41) is 8.54. The standard InChI is InChI=1S/C10H10F3NO3/c11-10(12,13)9(17)14-2-1-6-5(3-7(6)14)4-8(15)16/h4,6-7H,1-3H2,(H,15,16)/b5-4+. The molecule has 94 valence electrons. The first-order valence-electron chi connectivity index (χ1n) is 5.12. The van der Waals surface area contributed by atoms with Crippen LogP contribution in [0.2, 0.25) is 0 Å². The number of carboxylic acids is 1. The van der Waals surface area contributed by atoms with E-state index in [-0.39, 0.29) is 18.9 Å². The Morgan fingerprint density at radius 3 is 2.59 bits per heavy atom. The molecule has 17 heavy (non-hydrogen) atoms. The van der Waals surface area contributed by atoms with Crippen molar-refractivity contribution in [1.29, 1.82) is 0 Å². The molecule has 2 aliphatic rings. The Balaban J connectivity index is 2.06. The summed E-state index contributed by atoms with van der Waals surface area (Å²) in [6.07, 6.45) is -3.17. The lowest BCUT2D eigenvalue weighted by Crippen LogP contribution is -2.49. The number of aliphatic carboxylic acids is 1. The summed E-state index contributed by atoms with van der Waals surface area (Å²) in [5.41, 5.74) is 0.625. The number of nitrogens with zero attached hydrogens (tertiary/aromatic N) is 1. The van der Waals surface area contributed by atoms with Crippen molar-refractivity contribution in [2.75, 3.05) is 6.54 Å². The van der Waals surface area contributed by atoms with Gasteiger partial charge in [0.25, 0.3) is 0 Å². The van der Waals surface area contributed by atoms with Crippen LogP contribution in [0.25, 0.3) is 0 Å². The summed E-state index contributed by atoms with van der Waals surface area (Å²) in [7, 11) is 0. The molecule has 1 heterocycles. The van der Waals surface area contributed by atoms with E-state index in [4.69, 9.17) is 5.11 Å². The third kappa shape index (κ3) is 2.01. The van der Waals surface area contributed by atoms with Crippen molar-refractivity contribution in [3.8, 4) is 0 Å². The first-order chi connectivity index (χ1) is 7.80. The second-order valence-corrected chi connectivity index (χ2v) is 4.22. The highest BCUT2D eigenvalue weighted by atomic mass is 19.4. The zero-order valence-corrected chi connectivity index (χ0v) is 8.70. The van der Waals surface area contributed by atoms with Crippen molar-refractivity contribution in [2.24, 2.45) is 5.92 Å². The Morgan fingerprint density at radius 1 is 1.41 bits per heavy atom. The zero-order valence-electron chi connectivity index (χ0n) is 8.70. The molecule has 1 aliphatic carbocycles. The second kappa shape index (κ2) is 3.75. The van der Waals surface area contributed by atoms with Crippen LogP contribution in [0.4, 0.5) is 13.2 Å². The fraction of sp³-hybridized carbons (Fsp3) is 0.600. The number of carbonyl (C=O) groups excluding carboxylic acids is 1. The smallest absolute Gasteiger partial charge is 0.471 e. The molecule has 0 aromatic heterocycles. The van der Waals surface area contributed by atoms with Crippen molar-refractivity contribution < 1.29 is 27.9 Å². The summed E-state index contributed by atoms with van der Waals surface area (Å²) in [6, 6.07) is -0.477. The summed E-state index contributed by atoms with van der Waals surface area (Å²) < 4.78 is 36.7. The third-order valence-electron chi connectivity index (χ3n) is 3.28. The van der Waals surface area contributed by atoms with Gasteiger partial charge in [-0.1, -0.05) is 5.57 Å². The molecule has 1 saturated carbocycles. The summed E-state index contributed by atoms with van der Waals surface area (Å²) in [6.45, 7) is 0.0463. The van der Waals surface area contributed by atoms with Gasteiger partial charge < -0.3 is 10.0 Å². The third-order valence-corrected chi connectivity index (χ3v) is 3.28. The lowest BCUT2D eigenvalue weighted by atomic mass is 9.74. The average Bonchev–Trinajstić information content (AvgIpc) is 2.49. The van der Waals surface area contributed by atoms with Crippen molar-refractivity contribution in [2.45, 2.75) is 25.1 Å². The molecule has 4 nitrogen and oxygen atoms in total. The van der Waals surface area contributed by atoms with Crippen LogP contribution in [-0.2, 0) is 9.59 Å². The van der Waals surface area contributed by atoms with Crippen molar-refractivity contribution in [1.82, 2.24) is 4.90 Å². The van der Waals surface area contributed by atoms with E-state index in [1.165, 1.54) is 0 Å². The van der Waals surface area contributed by atoms with Crippen LogP contribution in [0, 0.1) is 5.92 Å². The Labute approximate surface area is 94.7 Å². The Hall–Kier alpha value is -1.53. The fourth-order valence-corrected chi connectivity index (χ4v) is 2.51. The van der Waals surface area contributed by atoms with Gasteiger partial charge in [0.1, 0.15) is 0 Å². The molecule has 2 atom stereocenters. The zero-order chi connectivity index (χ0) is 12.8. The van der Waals surface area contributed by atoms with Crippen molar-refractivity contribution in [3.05, 3.63) is 11.6 Å². The maximum absolute atomic E-state index is 12.2. The molecule has 1 amide bonds. The Morgan fingerprint density at radius 2 is 2.06 bits per heavy atom. The first kappa shape index (κ1) is 11.9. The van der Waals surface area contributed by atoms with Gasteiger partial charge in [0.2, 0.25) is 0 Å². The van der Waals surface area contributed by atoms with Gasteiger partial charge in [-0.05, 0) is 12.8 Å². The monoisotopic (exact) mass is 249 g/mol. The second-order valence-electron chi connectivity index (χ2n) is 4.22. The summed E-state index contributed by atoms with van der Waals surface area (Å²) >= 11 is 0. The molecule has 0 aromatic rings. The molecular formula is C10H10F3NO3. The highest BCUT2D eigenvalue weighted by molar-refractivity contribution is 5.84. The van der Waals surface area contributed by atoms with Gasteiger partial charge in [0, 0.05) is 24.6 Å². The molecule has 2 unspecified atom stereocenters. The number of rotatable bonds is 1. The molecule has 2 fully saturated rings. The van der Waals surface area contributed by atoms with Gasteiger partial charge in [-0.25, -0.2) is 4.79 Å². The summed E-state index contributed by atoms with van der Waals surface area (Å²) in [5.74, 6) is -3.13. The maximum Gasteiger partial charge on any atom is 0.471 e. The van der Waals surface area contributed by atoms with E-state index in [0.29, 0.717) is 12.0 Å². The highest BCUT2D eigenvalue weighted by Gasteiger charge is 2.53. The molecule has 2 rings (SSSR count). The quantitative estimate of drug-likeness (QED) is 0.710. The van der Waals surface area contributed by atoms with E-state index >= 15 is 0 Å². The predicted molar refractivity (Wildman–Crippen MR) is 50.0 cm³/mol. The normalized spacial score (nSPS) is 30.1. The van der Waals surface area contributed by atoms with E-state index in [9.17, 15) is 22.8 Å². The molecule has 0 aromatic carbocycles. The lowest BCUT2D eigenvalue weighted by Gasteiger charge is -2.38. The summed E-state index contributed by atoms with van der Waals surface area (Å²) in [4.78, 5) is 22.3. The van der Waals surface area contributed by atoms with Crippen LogP contribution in [0.3, 0.4) is 0 Å². The molecule has 1 N–H and O–H groups in total. The van der Waals surface area contributed by atoms with Gasteiger partial charge in [0.05, 0.1) is 0 Å². The van der Waals surface area contributed by atoms with E-state index in [1.54, 1.807) is 0 Å². The fourth-order valence-electron chi connectivity index (χ4n) is 2.51. The molecule has 7 heteroatoms. The number of halogens is 3. The number of alkyl halides is 3. The molecular weight excluding hydrogens is 239 g/mol. The minimum atomic E-state index is -4.85. The minimum Gasteiger partial charge on any atom is -0.478 e. The molecule has 0 radical (unpaired) electrons. The lowest BCUT2D eigenvalue weighted by molar-refractivity contribution is -0.187. The van der Waals surface area contributed by atoms with Crippen LogP contribution < -0.4 is 0 Å². The van der Waals surface area contributed by atoms with Crippen LogP contribution in [0.15, 0.2) is 11.6 Å². The Bertz CT molecular complexity index is 402. The molecule has 0 bridgehead atoms. The minimum absolute atomic E-state index is 0.0463. The topological polar surface area (TPSA) is 57.6 Å². The van der Waals surface area contributed by atoms with E-state index in [1.807, 2.05) is 0 Å². The van der Waals surface area contributed by atoms with Crippen molar-refractivity contribution >= 4 is 11.9 Å². The number of carboxylic acid groups (broad SMARTS) is 1. The first-order valence-corrected chi connectivity index (χ1v) is 5.12. The number of hydrogen-bond acceptors (Lipinski definition) is 2. The van der Waals surface area contributed by atoms with Crippen molar-refractivity contribution in [3.63, 3.8) is 0 Å². The molecule has 1 saturated heterocycles. The van der Waals surface area contributed by atoms with E-state index in [2.05, 4.69) is 0 Å². The Kier molecular flexibility index (Phi) is 2.63. The molecule has 1 aliphatic heterocycles. The number of fused-ring (bicyclic) bond motifs is 1. The van der Waals surface area contributed by atoms with Crippen LogP contribution in [0.1, 0.15) is 12.8 Å². The number of hydrogen-bond donors (Lipinski definition) is 1. The largest absolute Gasteiger partial charge is 0.478 e. The van der Waals surface area contributed by atoms with Gasteiger partial charge in [0.15, 0.2) is 0 Å². The van der Waals surface area contributed by atoms with E-state index < -0.39 is 24.1 Å². The van der Waals surface area contributed by atoms with Gasteiger partial charge in [-0.2, -0.15) is 13.2 Å². The number of carbonyl (C=O) groups is 2. The highest BCUT2D eigenvalue weighted by Crippen LogP contribution is 2.45. The van der Waals surface area contributed by atoms with Gasteiger partial charge in [-0.3, -0.25) is 4.79 Å². The number of likely N-dealkylation sites (tertiary alicyclic amines) is 1. The SMILES string of the molecule is O=C(O)/C=C1\CC2C1CCN2C(=O)C(F)(F)F. The van der Waals surface area contributed by atoms with Crippen LogP contribution >= 0.6 is 0 Å². The molecule has 0 spiro atoms. The predicted octanol–water partition coefficient (Wildman–Crippen LogP) is 1.18. The average molecular weight is 249 g/mol. The van der Waals surface area contributed by atoms with Gasteiger partial charge in [-0.15, -0.1) is 0 Å². The van der Waals surface area contributed by atoms with Crippen LogP contribution in [-0.4, -0.2) is 40.6 Å². The van der Waals surface area contributed by atoms with E-state index in [0.717, 1.165) is 11.0 Å². The number of amides is 1. The maximum atomic E-state index is 12.2.